The van der Waals surface area contributed by atoms with Crippen molar-refractivity contribution >= 4 is 33.4 Å². The highest BCUT2D eigenvalue weighted by molar-refractivity contribution is 9.10. The zero-order chi connectivity index (χ0) is 14.4. The molecule has 0 unspecified atom stereocenters. The Labute approximate surface area is 125 Å². The van der Waals surface area contributed by atoms with Gasteiger partial charge in [-0.15, -0.1) is 0 Å². The maximum atomic E-state index is 11.7. The zero-order valence-corrected chi connectivity index (χ0v) is 12.2. The van der Waals surface area contributed by atoms with Crippen LogP contribution in [0.2, 0.25) is 0 Å². The van der Waals surface area contributed by atoms with Gasteiger partial charge in [-0.3, -0.25) is 9.59 Å². The molecule has 0 radical (unpaired) electrons. The molecule has 0 aliphatic rings. The summed E-state index contributed by atoms with van der Waals surface area (Å²) in [7, 11) is 0. The van der Waals surface area contributed by atoms with Gasteiger partial charge in [-0.2, -0.15) is 0 Å². The van der Waals surface area contributed by atoms with Crippen molar-refractivity contribution in [3.8, 4) is 0 Å². The van der Waals surface area contributed by atoms with Gasteiger partial charge in [0, 0.05) is 16.7 Å². The molecule has 0 atom stereocenters. The van der Waals surface area contributed by atoms with Gasteiger partial charge < -0.3 is 10.6 Å². The van der Waals surface area contributed by atoms with Crippen LogP contribution in [-0.4, -0.2) is 11.8 Å². The van der Waals surface area contributed by atoms with Gasteiger partial charge in [0.15, 0.2) is 0 Å². The molecule has 2 N–H and O–H groups in total. The number of benzene rings is 2. The van der Waals surface area contributed by atoms with Crippen LogP contribution in [0.1, 0.15) is 5.56 Å². The van der Waals surface area contributed by atoms with E-state index in [1.807, 2.05) is 30.3 Å². The van der Waals surface area contributed by atoms with E-state index in [1.54, 1.807) is 24.3 Å². The molecule has 2 rings (SSSR count). The largest absolute Gasteiger partial charge is 0.344 e. The number of hydrogen-bond donors (Lipinski definition) is 2. The van der Waals surface area contributed by atoms with Crippen LogP contribution < -0.4 is 10.6 Å². The number of halogens is 1. The Balaban J connectivity index is 1.85. The monoisotopic (exact) mass is 332 g/mol. The van der Waals surface area contributed by atoms with Crippen LogP contribution in [0.4, 0.5) is 5.69 Å². The number of para-hydroxylation sites is 1. The standard InChI is InChI=1S/C15H13BrN2O2/c16-12-8-6-11(7-9-12)10-17-14(19)15(20)18-13-4-2-1-3-5-13/h1-9H,10H2,(H,17,19)(H,18,20). The molecule has 20 heavy (non-hydrogen) atoms. The van der Waals surface area contributed by atoms with Gasteiger partial charge in [-0.1, -0.05) is 46.3 Å². The predicted octanol–water partition coefficient (Wildman–Crippen LogP) is 2.70. The lowest BCUT2D eigenvalue weighted by molar-refractivity contribution is -0.136. The van der Waals surface area contributed by atoms with Crippen molar-refractivity contribution in [3.05, 3.63) is 64.6 Å². The number of rotatable bonds is 3. The van der Waals surface area contributed by atoms with Crippen LogP contribution in [0.5, 0.6) is 0 Å². The summed E-state index contributed by atoms with van der Waals surface area (Å²) in [6.45, 7) is 0.314. The molecule has 2 aromatic carbocycles. The van der Waals surface area contributed by atoms with Crippen LogP contribution in [0.15, 0.2) is 59.1 Å². The van der Waals surface area contributed by atoms with E-state index in [4.69, 9.17) is 0 Å². The molecule has 4 nitrogen and oxygen atoms in total. The van der Waals surface area contributed by atoms with E-state index in [0.717, 1.165) is 10.0 Å². The topological polar surface area (TPSA) is 58.2 Å². The van der Waals surface area contributed by atoms with E-state index < -0.39 is 11.8 Å². The number of carbonyl (C=O) groups excluding carboxylic acids is 2. The third-order valence-electron chi connectivity index (χ3n) is 2.60. The molecule has 0 aliphatic carbocycles. The minimum Gasteiger partial charge on any atom is -0.344 e. The average Bonchev–Trinajstić information content (AvgIpc) is 2.47. The Hall–Kier alpha value is -2.14. The summed E-state index contributed by atoms with van der Waals surface area (Å²) >= 11 is 3.33. The average molecular weight is 333 g/mol. The fourth-order valence-electron chi connectivity index (χ4n) is 1.57. The predicted molar refractivity (Wildman–Crippen MR) is 81.1 cm³/mol. The second-order valence-electron chi connectivity index (χ2n) is 4.13. The number of nitrogens with one attached hydrogen (secondary N) is 2. The van der Waals surface area contributed by atoms with E-state index >= 15 is 0 Å². The van der Waals surface area contributed by atoms with Gasteiger partial charge in [-0.25, -0.2) is 0 Å². The van der Waals surface area contributed by atoms with Gasteiger partial charge in [0.25, 0.3) is 0 Å². The molecular formula is C15H13BrN2O2. The molecule has 5 heteroatoms. The van der Waals surface area contributed by atoms with Gasteiger partial charge in [0.1, 0.15) is 0 Å². The number of carbonyl (C=O) groups is 2. The quantitative estimate of drug-likeness (QED) is 0.849. The van der Waals surface area contributed by atoms with Crippen molar-refractivity contribution in [3.63, 3.8) is 0 Å². The van der Waals surface area contributed by atoms with Crippen LogP contribution in [0.3, 0.4) is 0 Å². The second-order valence-corrected chi connectivity index (χ2v) is 5.04. The Morgan fingerprint density at radius 3 is 2.20 bits per heavy atom. The van der Waals surface area contributed by atoms with Gasteiger partial charge in [0.05, 0.1) is 0 Å². The van der Waals surface area contributed by atoms with Crippen molar-refractivity contribution in [2.45, 2.75) is 6.54 Å². The van der Waals surface area contributed by atoms with Gasteiger partial charge in [0.2, 0.25) is 0 Å². The summed E-state index contributed by atoms with van der Waals surface area (Å²) in [5.41, 5.74) is 1.52. The molecule has 0 saturated heterocycles. The zero-order valence-electron chi connectivity index (χ0n) is 10.6. The van der Waals surface area contributed by atoms with Crippen LogP contribution >= 0.6 is 15.9 Å². The molecule has 0 aliphatic heterocycles. The highest BCUT2D eigenvalue weighted by Gasteiger charge is 2.12. The number of hydrogen-bond acceptors (Lipinski definition) is 2. The SMILES string of the molecule is O=C(NCc1ccc(Br)cc1)C(=O)Nc1ccccc1. The Morgan fingerprint density at radius 1 is 0.900 bits per heavy atom. The van der Waals surface area contributed by atoms with E-state index in [0.29, 0.717) is 12.2 Å². The first-order valence-electron chi connectivity index (χ1n) is 6.04. The Morgan fingerprint density at radius 2 is 1.55 bits per heavy atom. The smallest absolute Gasteiger partial charge is 0.313 e. The summed E-state index contributed by atoms with van der Waals surface area (Å²) in [6, 6.07) is 16.4. The molecular weight excluding hydrogens is 320 g/mol. The van der Waals surface area contributed by atoms with Crippen LogP contribution in [0.25, 0.3) is 0 Å². The lowest BCUT2D eigenvalue weighted by Crippen LogP contribution is -2.34. The molecule has 0 saturated carbocycles. The lowest BCUT2D eigenvalue weighted by Gasteiger charge is -2.06. The van der Waals surface area contributed by atoms with Crippen molar-refractivity contribution in [1.29, 1.82) is 0 Å². The minimum absolute atomic E-state index is 0.314. The molecule has 0 fully saturated rings. The summed E-state index contributed by atoms with van der Waals surface area (Å²) in [5, 5.41) is 5.10. The third-order valence-corrected chi connectivity index (χ3v) is 3.13. The molecule has 0 spiro atoms. The van der Waals surface area contributed by atoms with E-state index in [2.05, 4.69) is 26.6 Å². The first kappa shape index (κ1) is 14.3. The minimum atomic E-state index is -0.673. The fraction of sp³-hybridized carbons (Fsp3) is 0.0667. The fourth-order valence-corrected chi connectivity index (χ4v) is 1.84. The summed E-state index contributed by atoms with van der Waals surface area (Å²) in [4.78, 5) is 23.3. The molecule has 102 valence electrons. The van der Waals surface area contributed by atoms with Gasteiger partial charge >= 0.3 is 11.8 Å². The maximum absolute atomic E-state index is 11.7. The number of anilines is 1. The van der Waals surface area contributed by atoms with E-state index in [9.17, 15) is 9.59 Å². The second kappa shape index (κ2) is 6.86. The van der Waals surface area contributed by atoms with Crippen molar-refractivity contribution < 1.29 is 9.59 Å². The Kier molecular flexibility index (Phi) is 4.90. The highest BCUT2D eigenvalue weighted by atomic mass is 79.9. The van der Waals surface area contributed by atoms with E-state index in [1.165, 1.54) is 0 Å². The first-order chi connectivity index (χ1) is 9.65. The first-order valence-corrected chi connectivity index (χ1v) is 6.83. The molecule has 0 bridgehead atoms. The summed E-state index contributed by atoms with van der Waals surface area (Å²) in [6.07, 6.45) is 0. The highest BCUT2D eigenvalue weighted by Crippen LogP contribution is 2.10. The molecule has 0 heterocycles. The summed E-state index contributed by atoms with van der Waals surface area (Å²) < 4.78 is 0.967. The lowest BCUT2D eigenvalue weighted by atomic mass is 10.2. The van der Waals surface area contributed by atoms with Crippen LogP contribution in [0, 0.1) is 0 Å². The van der Waals surface area contributed by atoms with Crippen molar-refractivity contribution in [1.82, 2.24) is 5.32 Å². The molecule has 2 amide bonds. The maximum Gasteiger partial charge on any atom is 0.313 e. The van der Waals surface area contributed by atoms with Crippen molar-refractivity contribution in [2.75, 3.05) is 5.32 Å². The van der Waals surface area contributed by atoms with Crippen molar-refractivity contribution in [2.24, 2.45) is 0 Å². The van der Waals surface area contributed by atoms with Crippen LogP contribution in [-0.2, 0) is 16.1 Å². The molecule has 0 aromatic heterocycles. The third kappa shape index (κ3) is 4.20. The summed E-state index contributed by atoms with van der Waals surface area (Å²) in [5.74, 6) is -1.33. The van der Waals surface area contributed by atoms with Gasteiger partial charge in [-0.05, 0) is 29.8 Å². The molecule has 2 aromatic rings. The number of amides is 2. The van der Waals surface area contributed by atoms with E-state index in [-0.39, 0.29) is 0 Å². The Bertz CT molecular complexity index is 597. The normalized spacial score (nSPS) is 9.85.